The van der Waals surface area contributed by atoms with E-state index < -0.39 is 66.7 Å². The van der Waals surface area contributed by atoms with Crippen LogP contribution in [0, 0.1) is 17.1 Å². The van der Waals surface area contributed by atoms with E-state index in [1.807, 2.05) is 6.07 Å². The second-order valence-electron chi connectivity index (χ2n) is 10.5. The molecule has 1 aliphatic heterocycles. The zero-order valence-electron chi connectivity index (χ0n) is 22.0. The van der Waals surface area contributed by atoms with Crippen LogP contribution in [0.15, 0.2) is 61.1 Å². The molecule has 3 amide bonds. The number of alkyl halides is 2. The number of hydrogen-bond acceptors (Lipinski definition) is 7. The van der Waals surface area contributed by atoms with Crippen LogP contribution in [-0.4, -0.2) is 52.5 Å². The number of amides is 3. The molecule has 214 valence electrons. The third-order valence-electron chi connectivity index (χ3n) is 7.85. The fourth-order valence-corrected chi connectivity index (χ4v) is 5.91. The average molecular weight is 577 g/mol. The second kappa shape index (κ2) is 10.1. The molecule has 10 nitrogen and oxygen atoms in total. The smallest absolute Gasteiger partial charge is 0.416 e. The normalized spacial score (nSPS) is 22.5. The first-order valence-corrected chi connectivity index (χ1v) is 13.2. The summed E-state index contributed by atoms with van der Waals surface area (Å²) >= 11 is 0. The van der Waals surface area contributed by atoms with Crippen molar-refractivity contribution in [2.24, 2.45) is 0 Å². The summed E-state index contributed by atoms with van der Waals surface area (Å²) in [5, 5.41) is 12.0. The number of benzene rings is 1. The molecule has 42 heavy (non-hydrogen) atoms. The predicted molar refractivity (Wildman–Crippen MR) is 141 cm³/mol. The Hall–Kier alpha value is -4.99. The summed E-state index contributed by atoms with van der Waals surface area (Å²) < 4.78 is 47.2. The van der Waals surface area contributed by atoms with Crippen molar-refractivity contribution in [3.8, 4) is 6.07 Å². The van der Waals surface area contributed by atoms with E-state index in [1.165, 1.54) is 24.5 Å². The summed E-state index contributed by atoms with van der Waals surface area (Å²) in [6, 6.07) is 10.4. The number of ether oxygens (including phenoxy) is 1. The van der Waals surface area contributed by atoms with E-state index in [2.05, 4.69) is 15.3 Å². The van der Waals surface area contributed by atoms with Crippen LogP contribution in [0.25, 0.3) is 0 Å². The first-order valence-electron chi connectivity index (χ1n) is 13.2. The van der Waals surface area contributed by atoms with Crippen LogP contribution in [0.4, 0.5) is 29.5 Å². The van der Waals surface area contributed by atoms with Gasteiger partial charge in [0.1, 0.15) is 18.2 Å². The van der Waals surface area contributed by atoms with Gasteiger partial charge in [-0.3, -0.25) is 19.5 Å². The number of halogens is 3. The summed E-state index contributed by atoms with van der Waals surface area (Å²) in [4.78, 5) is 51.8. The first-order chi connectivity index (χ1) is 20.1. The number of hydrogen-bond donors (Lipinski definition) is 1. The van der Waals surface area contributed by atoms with E-state index in [4.69, 9.17) is 4.74 Å². The van der Waals surface area contributed by atoms with Gasteiger partial charge in [-0.25, -0.2) is 27.8 Å². The Labute approximate surface area is 237 Å². The maximum atomic E-state index is 14.6. The Morgan fingerprint density at radius 2 is 1.95 bits per heavy atom. The van der Waals surface area contributed by atoms with Crippen LogP contribution in [-0.2, 0) is 26.3 Å². The number of rotatable bonds is 6. The van der Waals surface area contributed by atoms with Crippen molar-refractivity contribution in [2.45, 2.75) is 49.2 Å². The monoisotopic (exact) mass is 576 g/mol. The molecule has 2 atom stereocenters. The number of cyclic esters (lactones) is 1. The van der Waals surface area contributed by atoms with E-state index in [0.717, 1.165) is 27.6 Å². The summed E-state index contributed by atoms with van der Waals surface area (Å²) in [7, 11) is 0. The van der Waals surface area contributed by atoms with Gasteiger partial charge in [-0.1, -0.05) is 24.3 Å². The molecule has 13 heteroatoms. The molecule has 1 saturated heterocycles. The maximum absolute atomic E-state index is 14.6. The zero-order chi connectivity index (χ0) is 29.6. The van der Waals surface area contributed by atoms with E-state index in [0.29, 0.717) is 12.0 Å². The largest absolute Gasteiger partial charge is 0.446 e. The molecule has 6 rings (SSSR count). The number of aryl methyl sites for hydroxylation is 1. The van der Waals surface area contributed by atoms with Gasteiger partial charge in [0.2, 0.25) is 0 Å². The lowest BCUT2D eigenvalue weighted by Crippen LogP contribution is -2.64. The van der Waals surface area contributed by atoms with Crippen LogP contribution in [0.1, 0.15) is 36.0 Å². The van der Waals surface area contributed by atoms with E-state index in [1.54, 1.807) is 24.3 Å². The maximum Gasteiger partial charge on any atom is 0.416 e. The van der Waals surface area contributed by atoms with Gasteiger partial charge in [-0.2, -0.15) is 5.26 Å². The minimum atomic E-state index is -2.91. The molecular weight excluding hydrogens is 553 g/mol. The van der Waals surface area contributed by atoms with E-state index >= 15 is 0 Å². The number of nitrogens with one attached hydrogen (secondary N) is 1. The Bertz CT molecular complexity index is 1640. The third-order valence-corrected chi connectivity index (χ3v) is 7.85. The van der Waals surface area contributed by atoms with Crippen LogP contribution in [0.3, 0.4) is 0 Å². The number of anilines is 2. The van der Waals surface area contributed by atoms with Crippen molar-refractivity contribution in [3.05, 3.63) is 83.6 Å². The highest BCUT2D eigenvalue weighted by molar-refractivity contribution is 6.11. The van der Waals surface area contributed by atoms with Crippen LogP contribution >= 0.6 is 0 Å². The van der Waals surface area contributed by atoms with Gasteiger partial charge in [0.25, 0.3) is 17.7 Å². The van der Waals surface area contributed by atoms with Gasteiger partial charge in [0.15, 0.2) is 11.6 Å². The fourth-order valence-electron chi connectivity index (χ4n) is 5.91. The first kappa shape index (κ1) is 27.2. The molecule has 2 aliphatic carbocycles. The number of carbonyl (C=O) groups excluding carboxylic acids is 3. The number of nitrogens with zero attached hydrogens (tertiary/aromatic N) is 5. The Balaban J connectivity index is 1.49. The summed E-state index contributed by atoms with van der Waals surface area (Å²) in [6.45, 7) is -0.427. The number of nitriles is 1. The lowest BCUT2D eigenvalue weighted by atomic mass is 9.84. The number of carbonyl (C=O) groups is 3. The summed E-state index contributed by atoms with van der Waals surface area (Å²) in [5.41, 5.74) is -0.521. The zero-order valence-corrected chi connectivity index (χ0v) is 22.0. The van der Waals surface area contributed by atoms with Crippen LogP contribution < -0.4 is 15.1 Å². The molecule has 3 aliphatic rings. The van der Waals surface area contributed by atoms with E-state index in [9.17, 15) is 32.8 Å². The topological polar surface area (TPSA) is 129 Å². The summed E-state index contributed by atoms with van der Waals surface area (Å²) in [5.74, 6) is -5.26. The second-order valence-corrected chi connectivity index (χ2v) is 10.5. The van der Waals surface area contributed by atoms with Crippen molar-refractivity contribution in [1.82, 2.24) is 15.3 Å². The van der Waals surface area contributed by atoms with Crippen LogP contribution in [0.5, 0.6) is 0 Å². The molecule has 0 radical (unpaired) electrons. The minimum Gasteiger partial charge on any atom is -0.446 e. The molecule has 1 saturated carbocycles. The highest BCUT2D eigenvalue weighted by Crippen LogP contribution is 2.46. The van der Waals surface area contributed by atoms with Gasteiger partial charge >= 0.3 is 6.09 Å². The highest BCUT2D eigenvalue weighted by Gasteiger charge is 2.57. The average Bonchev–Trinajstić information content (AvgIpc) is 3.54. The van der Waals surface area contributed by atoms with Crippen molar-refractivity contribution in [1.29, 1.82) is 5.26 Å². The molecule has 1 aromatic carbocycles. The SMILES string of the molecule is N#Cc1ccnc(N2C(=O)OC[C@H]2C(=O)N(c2cncc(F)c2)[C@@]2(C(=O)NC3CC(F)(F)C3)CCc3ccccc32)c1. The van der Waals surface area contributed by atoms with Crippen molar-refractivity contribution >= 4 is 29.4 Å². The Kier molecular flexibility index (Phi) is 6.56. The number of fused-ring (bicyclic) bond motifs is 1. The molecule has 3 aromatic rings. The van der Waals surface area contributed by atoms with Crippen LogP contribution in [0.2, 0.25) is 0 Å². The fraction of sp³-hybridized carbons (Fsp3) is 0.310. The number of pyridine rings is 2. The molecule has 2 fully saturated rings. The molecule has 0 spiro atoms. The molecule has 3 heterocycles. The highest BCUT2D eigenvalue weighted by atomic mass is 19.3. The van der Waals surface area contributed by atoms with Gasteiger partial charge in [-0.15, -0.1) is 0 Å². The lowest BCUT2D eigenvalue weighted by molar-refractivity contribution is -0.137. The Morgan fingerprint density at radius 3 is 2.69 bits per heavy atom. The molecule has 0 bridgehead atoms. The standard InChI is InChI=1S/C29H23F3N6O4/c30-19-10-21(15-34-14-19)38(25(39)23-16-42-27(41)37(23)24-9-17(13-33)6-8-35-24)29(7-5-18-3-1-2-4-22(18)29)26(40)36-20-11-28(31,32)12-20/h1-4,6,8-10,14-15,20,23H,5,7,11-12,16H2,(H,36,40)/t23-,29-/m0/s1. The van der Waals surface area contributed by atoms with Crippen molar-refractivity contribution in [2.75, 3.05) is 16.4 Å². The minimum absolute atomic E-state index is 0.0331. The van der Waals surface area contributed by atoms with Crippen molar-refractivity contribution in [3.63, 3.8) is 0 Å². The quantitative estimate of drug-likeness (QED) is 0.475. The summed E-state index contributed by atoms with van der Waals surface area (Å²) in [6.07, 6.45) is 1.84. The van der Waals surface area contributed by atoms with Gasteiger partial charge in [-0.05, 0) is 36.1 Å². The molecule has 0 unspecified atom stereocenters. The van der Waals surface area contributed by atoms with Gasteiger partial charge in [0.05, 0.1) is 29.7 Å². The third kappa shape index (κ3) is 4.49. The van der Waals surface area contributed by atoms with Crippen molar-refractivity contribution < 1.29 is 32.3 Å². The van der Waals surface area contributed by atoms with Gasteiger partial charge < -0.3 is 10.1 Å². The molecular formula is C29H23F3N6O4. The number of aromatic nitrogens is 2. The molecule has 2 aromatic heterocycles. The van der Waals surface area contributed by atoms with Gasteiger partial charge in [0, 0.05) is 31.1 Å². The predicted octanol–water partition coefficient (Wildman–Crippen LogP) is 3.60. The van der Waals surface area contributed by atoms with E-state index in [-0.39, 0.29) is 23.5 Å². The molecule has 1 N–H and O–H groups in total. The Morgan fingerprint density at radius 1 is 1.17 bits per heavy atom. The lowest BCUT2D eigenvalue weighted by Gasteiger charge is -2.44.